The number of anilines is 1. The number of hydrogen-bond acceptors (Lipinski definition) is 2. The van der Waals surface area contributed by atoms with Crippen molar-refractivity contribution in [1.82, 2.24) is 0 Å². The standard InChI is InChI=1S/C16H15NO3/c1-10-3-4-11(2)14(9-10)15(18)17-13-7-5-12(6-8-13)16(19)20/h3-9H,1-2H3,(H,17,18)(H,19,20). The molecule has 0 saturated heterocycles. The molecule has 0 bridgehead atoms. The van der Waals surface area contributed by atoms with E-state index in [1.165, 1.54) is 12.1 Å². The molecule has 1 amide bonds. The number of carboxylic acids is 1. The largest absolute Gasteiger partial charge is 0.478 e. The second kappa shape index (κ2) is 5.57. The number of amides is 1. The fraction of sp³-hybridized carbons (Fsp3) is 0.125. The summed E-state index contributed by atoms with van der Waals surface area (Å²) < 4.78 is 0. The van der Waals surface area contributed by atoms with E-state index in [0.717, 1.165) is 11.1 Å². The first-order valence-corrected chi connectivity index (χ1v) is 6.19. The molecule has 2 aromatic carbocycles. The lowest BCUT2D eigenvalue weighted by Crippen LogP contribution is -2.13. The van der Waals surface area contributed by atoms with Crippen molar-refractivity contribution in [3.63, 3.8) is 0 Å². The van der Waals surface area contributed by atoms with Crippen LogP contribution in [0.25, 0.3) is 0 Å². The van der Waals surface area contributed by atoms with Crippen LogP contribution in [-0.4, -0.2) is 17.0 Å². The number of benzene rings is 2. The highest BCUT2D eigenvalue weighted by atomic mass is 16.4. The van der Waals surface area contributed by atoms with Gasteiger partial charge in [-0.15, -0.1) is 0 Å². The van der Waals surface area contributed by atoms with Crippen molar-refractivity contribution in [1.29, 1.82) is 0 Å². The Kier molecular flexibility index (Phi) is 3.84. The summed E-state index contributed by atoms with van der Waals surface area (Å²) in [5.41, 5.74) is 3.29. The number of aromatic carboxylic acids is 1. The first kappa shape index (κ1) is 13.8. The van der Waals surface area contributed by atoms with Crippen LogP contribution in [-0.2, 0) is 0 Å². The van der Waals surface area contributed by atoms with E-state index in [0.29, 0.717) is 11.3 Å². The highest BCUT2D eigenvalue weighted by Gasteiger charge is 2.10. The number of carbonyl (C=O) groups is 2. The van der Waals surface area contributed by atoms with Gasteiger partial charge in [0.05, 0.1) is 5.56 Å². The number of carboxylic acid groups (broad SMARTS) is 1. The fourth-order valence-electron chi connectivity index (χ4n) is 1.88. The molecule has 0 heterocycles. The van der Waals surface area contributed by atoms with Crippen LogP contribution in [0.3, 0.4) is 0 Å². The highest BCUT2D eigenvalue weighted by molar-refractivity contribution is 6.05. The van der Waals surface area contributed by atoms with Gasteiger partial charge in [0, 0.05) is 11.3 Å². The van der Waals surface area contributed by atoms with E-state index in [9.17, 15) is 9.59 Å². The van der Waals surface area contributed by atoms with E-state index in [1.54, 1.807) is 12.1 Å². The monoisotopic (exact) mass is 269 g/mol. The summed E-state index contributed by atoms with van der Waals surface area (Å²) in [6.07, 6.45) is 0. The molecule has 0 unspecified atom stereocenters. The Bertz CT molecular complexity index is 660. The van der Waals surface area contributed by atoms with Crippen molar-refractivity contribution < 1.29 is 14.7 Å². The van der Waals surface area contributed by atoms with E-state index in [4.69, 9.17) is 5.11 Å². The van der Waals surface area contributed by atoms with Crippen molar-refractivity contribution >= 4 is 17.6 Å². The van der Waals surface area contributed by atoms with Gasteiger partial charge in [0.15, 0.2) is 0 Å². The number of aryl methyl sites for hydroxylation is 2. The van der Waals surface area contributed by atoms with Gasteiger partial charge < -0.3 is 10.4 Å². The fourth-order valence-corrected chi connectivity index (χ4v) is 1.88. The van der Waals surface area contributed by atoms with Crippen LogP contribution < -0.4 is 5.32 Å². The molecule has 0 fully saturated rings. The van der Waals surface area contributed by atoms with Crippen LogP contribution >= 0.6 is 0 Å². The molecule has 0 aromatic heterocycles. The molecule has 2 N–H and O–H groups in total. The lowest BCUT2D eigenvalue weighted by Gasteiger charge is -2.08. The van der Waals surface area contributed by atoms with Crippen LogP contribution in [0.15, 0.2) is 42.5 Å². The Labute approximate surface area is 117 Å². The number of hydrogen-bond donors (Lipinski definition) is 2. The van der Waals surface area contributed by atoms with E-state index in [2.05, 4.69) is 5.32 Å². The molecule has 0 atom stereocenters. The summed E-state index contributed by atoms with van der Waals surface area (Å²) in [5, 5.41) is 11.6. The summed E-state index contributed by atoms with van der Waals surface area (Å²) in [5.74, 6) is -1.19. The molecule has 102 valence electrons. The molecule has 0 spiro atoms. The van der Waals surface area contributed by atoms with Gasteiger partial charge in [-0.25, -0.2) is 4.79 Å². The van der Waals surface area contributed by atoms with Crippen LogP contribution in [0, 0.1) is 13.8 Å². The van der Waals surface area contributed by atoms with E-state index in [1.807, 2.05) is 32.0 Å². The van der Waals surface area contributed by atoms with Gasteiger partial charge in [0.25, 0.3) is 5.91 Å². The molecule has 2 aromatic rings. The van der Waals surface area contributed by atoms with E-state index >= 15 is 0 Å². The Hall–Kier alpha value is -2.62. The SMILES string of the molecule is Cc1ccc(C)c(C(=O)Nc2ccc(C(=O)O)cc2)c1. The van der Waals surface area contributed by atoms with Gasteiger partial charge in [-0.2, -0.15) is 0 Å². The maximum absolute atomic E-state index is 12.2. The van der Waals surface area contributed by atoms with Crippen molar-refractivity contribution in [3.8, 4) is 0 Å². The molecule has 0 saturated carbocycles. The Morgan fingerprint density at radius 2 is 1.65 bits per heavy atom. The van der Waals surface area contributed by atoms with Gasteiger partial charge in [-0.1, -0.05) is 17.7 Å². The third-order valence-corrected chi connectivity index (χ3v) is 3.03. The second-order valence-corrected chi connectivity index (χ2v) is 4.66. The zero-order valence-corrected chi connectivity index (χ0v) is 11.3. The predicted molar refractivity (Wildman–Crippen MR) is 77.3 cm³/mol. The first-order valence-electron chi connectivity index (χ1n) is 6.19. The normalized spacial score (nSPS) is 10.1. The smallest absolute Gasteiger partial charge is 0.335 e. The molecular weight excluding hydrogens is 254 g/mol. The van der Waals surface area contributed by atoms with Crippen molar-refractivity contribution in [2.24, 2.45) is 0 Å². The summed E-state index contributed by atoms with van der Waals surface area (Å²) in [6.45, 7) is 3.81. The summed E-state index contributed by atoms with van der Waals surface area (Å²) in [6, 6.07) is 11.8. The molecule has 0 aliphatic rings. The highest BCUT2D eigenvalue weighted by Crippen LogP contribution is 2.15. The third kappa shape index (κ3) is 3.03. The zero-order chi connectivity index (χ0) is 14.7. The number of carbonyl (C=O) groups excluding carboxylic acids is 1. The first-order chi connectivity index (χ1) is 9.47. The summed E-state index contributed by atoms with van der Waals surface area (Å²) in [7, 11) is 0. The molecule has 4 nitrogen and oxygen atoms in total. The van der Waals surface area contributed by atoms with Crippen LogP contribution in [0.2, 0.25) is 0 Å². The minimum atomic E-state index is -0.989. The topological polar surface area (TPSA) is 66.4 Å². The van der Waals surface area contributed by atoms with Crippen molar-refractivity contribution in [2.45, 2.75) is 13.8 Å². The van der Waals surface area contributed by atoms with Crippen LogP contribution in [0.5, 0.6) is 0 Å². The lowest BCUT2D eigenvalue weighted by atomic mass is 10.0. The Balaban J connectivity index is 2.19. The maximum atomic E-state index is 12.2. The molecule has 4 heteroatoms. The summed E-state index contributed by atoms with van der Waals surface area (Å²) in [4.78, 5) is 22.9. The van der Waals surface area contributed by atoms with Crippen LogP contribution in [0.1, 0.15) is 31.8 Å². The lowest BCUT2D eigenvalue weighted by molar-refractivity contribution is 0.0696. The Morgan fingerprint density at radius 1 is 1.00 bits per heavy atom. The molecule has 0 radical (unpaired) electrons. The average molecular weight is 269 g/mol. The molecule has 0 aliphatic heterocycles. The average Bonchev–Trinajstić information content (AvgIpc) is 2.42. The van der Waals surface area contributed by atoms with Gasteiger partial charge >= 0.3 is 5.97 Å². The van der Waals surface area contributed by atoms with Crippen LogP contribution in [0.4, 0.5) is 5.69 Å². The van der Waals surface area contributed by atoms with Gasteiger partial charge in [0.2, 0.25) is 0 Å². The van der Waals surface area contributed by atoms with Gasteiger partial charge in [-0.3, -0.25) is 4.79 Å². The second-order valence-electron chi connectivity index (χ2n) is 4.66. The predicted octanol–water partition coefficient (Wildman–Crippen LogP) is 3.25. The van der Waals surface area contributed by atoms with Gasteiger partial charge in [-0.05, 0) is 49.7 Å². The summed E-state index contributed by atoms with van der Waals surface area (Å²) >= 11 is 0. The third-order valence-electron chi connectivity index (χ3n) is 3.03. The molecule has 2 rings (SSSR count). The minimum absolute atomic E-state index is 0.190. The van der Waals surface area contributed by atoms with Crippen molar-refractivity contribution in [3.05, 3.63) is 64.7 Å². The van der Waals surface area contributed by atoms with Gasteiger partial charge in [0.1, 0.15) is 0 Å². The maximum Gasteiger partial charge on any atom is 0.335 e. The molecular formula is C16H15NO3. The number of nitrogens with one attached hydrogen (secondary N) is 1. The number of rotatable bonds is 3. The quantitative estimate of drug-likeness (QED) is 0.898. The minimum Gasteiger partial charge on any atom is -0.478 e. The van der Waals surface area contributed by atoms with E-state index < -0.39 is 5.97 Å². The molecule has 20 heavy (non-hydrogen) atoms. The molecule has 0 aliphatic carbocycles. The van der Waals surface area contributed by atoms with E-state index in [-0.39, 0.29) is 11.5 Å². The Morgan fingerprint density at radius 3 is 2.25 bits per heavy atom. The zero-order valence-electron chi connectivity index (χ0n) is 11.3. The van der Waals surface area contributed by atoms with Crippen molar-refractivity contribution in [2.75, 3.05) is 5.32 Å².